The Morgan fingerprint density at radius 1 is 1.26 bits per heavy atom. The van der Waals surface area contributed by atoms with Crippen molar-refractivity contribution in [2.24, 2.45) is 0 Å². The van der Waals surface area contributed by atoms with Gasteiger partial charge in [-0.3, -0.25) is 4.79 Å². The van der Waals surface area contributed by atoms with E-state index in [4.69, 9.17) is 14.2 Å². The van der Waals surface area contributed by atoms with E-state index in [0.29, 0.717) is 37.6 Å². The third kappa shape index (κ3) is 4.84. The second-order valence-corrected chi connectivity index (χ2v) is 5.90. The molecule has 0 saturated heterocycles. The molecule has 0 spiro atoms. The number of aromatic nitrogens is 1. The Bertz CT molecular complexity index is 855. The van der Waals surface area contributed by atoms with Gasteiger partial charge in [0, 0.05) is 13.5 Å². The van der Waals surface area contributed by atoms with Gasteiger partial charge in [-0.05, 0) is 46.2 Å². The fourth-order valence-corrected chi connectivity index (χ4v) is 2.56. The third-order valence-electron chi connectivity index (χ3n) is 3.85. The number of nitro groups is 1. The summed E-state index contributed by atoms with van der Waals surface area (Å²) in [5.41, 5.74) is 1.50. The Balaban J connectivity index is 1.47. The van der Waals surface area contributed by atoms with E-state index in [1.807, 2.05) is 18.2 Å². The van der Waals surface area contributed by atoms with Gasteiger partial charge in [-0.2, -0.15) is 0 Å². The van der Waals surface area contributed by atoms with E-state index in [0.717, 1.165) is 11.3 Å². The summed E-state index contributed by atoms with van der Waals surface area (Å²) in [7, 11) is 0. The first-order chi connectivity index (χ1) is 13.0. The lowest BCUT2D eigenvalue weighted by atomic mass is 10.1. The maximum atomic E-state index is 11.9. The molecule has 1 aliphatic rings. The Morgan fingerprint density at radius 3 is 2.81 bits per heavy atom. The molecule has 9 heteroatoms. The minimum Gasteiger partial charge on any atom is -0.486 e. The molecular weight excluding hydrogens is 354 g/mol. The van der Waals surface area contributed by atoms with E-state index in [-0.39, 0.29) is 18.3 Å². The highest BCUT2D eigenvalue weighted by Gasteiger charge is 2.18. The molecule has 0 fully saturated rings. The van der Waals surface area contributed by atoms with Crippen LogP contribution in [0.5, 0.6) is 17.2 Å². The second-order valence-electron chi connectivity index (χ2n) is 5.90. The number of fused-ring (bicyclic) bond motifs is 1. The monoisotopic (exact) mass is 373 g/mol. The predicted molar refractivity (Wildman–Crippen MR) is 95.3 cm³/mol. The maximum Gasteiger partial charge on any atom is 0.406 e. The van der Waals surface area contributed by atoms with Crippen molar-refractivity contribution in [2.45, 2.75) is 13.3 Å². The zero-order valence-electron chi connectivity index (χ0n) is 14.8. The summed E-state index contributed by atoms with van der Waals surface area (Å²) in [6.45, 7) is 2.77. The summed E-state index contributed by atoms with van der Waals surface area (Å²) in [5.74, 6) is 0.609. The van der Waals surface area contributed by atoms with Gasteiger partial charge in [0.25, 0.3) is 5.91 Å². The topological polar surface area (TPSA) is 113 Å². The quantitative estimate of drug-likeness (QED) is 0.582. The van der Waals surface area contributed by atoms with Crippen LogP contribution in [0.2, 0.25) is 0 Å². The molecule has 9 nitrogen and oxygen atoms in total. The molecular formula is C18H19N3O6. The minimum atomic E-state index is -0.637. The van der Waals surface area contributed by atoms with Gasteiger partial charge in [-0.1, -0.05) is 6.07 Å². The van der Waals surface area contributed by atoms with Crippen molar-refractivity contribution >= 4 is 11.7 Å². The molecule has 142 valence electrons. The average Bonchev–Trinajstić information content (AvgIpc) is 2.66. The van der Waals surface area contributed by atoms with Gasteiger partial charge in [-0.15, -0.1) is 0 Å². The number of pyridine rings is 1. The molecule has 27 heavy (non-hydrogen) atoms. The van der Waals surface area contributed by atoms with Gasteiger partial charge < -0.3 is 29.6 Å². The van der Waals surface area contributed by atoms with Crippen molar-refractivity contribution in [2.75, 3.05) is 26.4 Å². The Kier molecular flexibility index (Phi) is 5.70. The Morgan fingerprint density at radius 2 is 2.04 bits per heavy atom. The van der Waals surface area contributed by atoms with Crippen LogP contribution in [0.4, 0.5) is 5.82 Å². The largest absolute Gasteiger partial charge is 0.486 e. The molecule has 0 saturated carbocycles. The van der Waals surface area contributed by atoms with E-state index in [2.05, 4.69) is 10.3 Å². The number of carbonyl (C=O) groups is 1. The normalized spacial score (nSPS) is 12.3. The van der Waals surface area contributed by atoms with Crippen LogP contribution in [0.1, 0.15) is 11.3 Å². The van der Waals surface area contributed by atoms with Crippen molar-refractivity contribution in [3.8, 4) is 17.2 Å². The van der Waals surface area contributed by atoms with Crippen LogP contribution in [0.15, 0.2) is 30.3 Å². The molecule has 0 radical (unpaired) electrons. The zero-order valence-corrected chi connectivity index (χ0v) is 14.8. The second kappa shape index (κ2) is 8.35. The number of benzene rings is 1. The fraction of sp³-hybridized carbons (Fsp3) is 0.333. The lowest BCUT2D eigenvalue weighted by Gasteiger charge is -2.18. The molecule has 0 atom stereocenters. The van der Waals surface area contributed by atoms with Gasteiger partial charge in [0.1, 0.15) is 18.9 Å². The van der Waals surface area contributed by atoms with Crippen LogP contribution in [0.25, 0.3) is 0 Å². The van der Waals surface area contributed by atoms with Crippen LogP contribution >= 0.6 is 0 Å². The number of carbonyl (C=O) groups excluding carboxylic acids is 1. The maximum absolute atomic E-state index is 11.9. The highest BCUT2D eigenvalue weighted by molar-refractivity contribution is 5.77. The molecule has 1 aromatic heterocycles. The van der Waals surface area contributed by atoms with E-state index < -0.39 is 10.7 Å². The Labute approximate surface area is 155 Å². The van der Waals surface area contributed by atoms with Crippen molar-refractivity contribution < 1.29 is 23.9 Å². The van der Waals surface area contributed by atoms with Crippen molar-refractivity contribution in [3.05, 3.63) is 51.7 Å². The first-order valence-corrected chi connectivity index (χ1v) is 8.43. The smallest absolute Gasteiger partial charge is 0.406 e. The van der Waals surface area contributed by atoms with Gasteiger partial charge in [0.05, 0.1) is 0 Å². The van der Waals surface area contributed by atoms with Crippen LogP contribution < -0.4 is 19.5 Å². The number of nitrogens with one attached hydrogen (secondary N) is 1. The van der Waals surface area contributed by atoms with Crippen molar-refractivity contribution in [1.29, 1.82) is 0 Å². The van der Waals surface area contributed by atoms with Gasteiger partial charge in [0.15, 0.2) is 18.1 Å². The number of nitrogens with zero attached hydrogens (tertiary/aromatic N) is 2. The number of rotatable bonds is 7. The molecule has 1 aliphatic heterocycles. The predicted octanol–water partition coefficient (Wildman–Crippen LogP) is 1.81. The zero-order chi connectivity index (χ0) is 19.2. The lowest BCUT2D eigenvalue weighted by molar-refractivity contribution is -0.390. The fourth-order valence-electron chi connectivity index (χ4n) is 2.56. The molecule has 0 aliphatic carbocycles. The molecule has 1 amide bonds. The van der Waals surface area contributed by atoms with E-state index in [1.165, 1.54) is 6.07 Å². The number of aryl methyl sites for hydroxylation is 1. The molecule has 1 aromatic carbocycles. The summed E-state index contributed by atoms with van der Waals surface area (Å²) < 4.78 is 16.2. The minimum absolute atomic E-state index is 0.0346. The van der Waals surface area contributed by atoms with Crippen LogP contribution in [0.3, 0.4) is 0 Å². The SMILES string of the molecule is Cc1ccc(OCC(=O)NCCc2ccc3c(c2)OCCO3)c([N+](=O)[O-])n1. The third-order valence-corrected chi connectivity index (χ3v) is 3.85. The summed E-state index contributed by atoms with van der Waals surface area (Å²) in [6, 6.07) is 8.67. The molecule has 3 rings (SSSR count). The van der Waals surface area contributed by atoms with Gasteiger partial charge in [0.2, 0.25) is 5.75 Å². The molecule has 2 aromatic rings. The number of ether oxygens (including phenoxy) is 3. The highest BCUT2D eigenvalue weighted by atomic mass is 16.6. The first kappa shape index (κ1) is 18.4. The van der Waals surface area contributed by atoms with Gasteiger partial charge in [-0.25, -0.2) is 0 Å². The van der Waals surface area contributed by atoms with E-state index >= 15 is 0 Å². The van der Waals surface area contributed by atoms with Crippen LogP contribution in [0, 0.1) is 17.0 Å². The van der Waals surface area contributed by atoms with Gasteiger partial charge >= 0.3 is 5.82 Å². The lowest BCUT2D eigenvalue weighted by Crippen LogP contribution is -2.30. The summed E-state index contributed by atoms with van der Waals surface area (Å²) in [5, 5.41) is 13.7. The summed E-state index contributed by atoms with van der Waals surface area (Å²) in [6.07, 6.45) is 0.606. The molecule has 0 unspecified atom stereocenters. The van der Waals surface area contributed by atoms with E-state index in [1.54, 1.807) is 13.0 Å². The van der Waals surface area contributed by atoms with Crippen molar-refractivity contribution in [1.82, 2.24) is 10.3 Å². The number of hydrogen-bond acceptors (Lipinski definition) is 7. The number of hydrogen-bond donors (Lipinski definition) is 1. The first-order valence-electron chi connectivity index (χ1n) is 8.43. The Hall–Kier alpha value is -3.36. The van der Waals surface area contributed by atoms with Crippen LogP contribution in [-0.2, 0) is 11.2 Å². The summed E-state index contributed by atoms with van der Waals surface area (Å²) >= 11 is 0. The van der Waals surface area contributed by atoms with Crippen molar-refractivity contribution in [3.63, 3.8) is 0 Å². The molecule has 0 bridgehead atoms. The highest BCUT2D eigenvalue weighted by Crippen LogP contribution is 2.30. The molecule has 1 N–H and O–H groups in total. The standard InChI is InChI=1S/C18H19N3O6/c1-12-2-4-15(18(20-12)21(23)24)27-11-17(22)19-7-6-13-3-5-14-16(10-13)26-9-8-25-14/h2-5,10H,6-9,11H2,1H3,(H,19,22). The average molecular weight is 373 g/mol. The van der Waals surface area contributed by atoms with Crippen LogP contribution in [-0.4, -0.2) is 42.2 Å². The number of amides is 1. The van der Waals surface area contributed by atoms with E-state index in [9.17, 15) is 14.9 Å². The molecule has 2 heterocycles. The summed E-state index contributed by atoms with van der Waals surface area (Å²) in [4.78, 5) is 26.1.